The van der Waals surface area contributed by atoms with Crippen LogP contribution in [0.4, 0.5) is 0 Å². The first-order valence-corrected chi connectivity index (χ1v) is 7.62. The Hall–Kier alpha value is -1.59. The number of aromatic nitrogens is 2. The molecule has 2 aromatic rings. The predicted octanol–water partition coefficient (Wildman–Crippen LogP) is 3.26. The van der Waals surface area contributed by atoms with E-state index in [9.17, 15) is 0 Å². The summed E-state index contributed by atoms with van der Waals surface area (Å²) < 4.78 is 11.0. The van der Waals surface area contributed by atoms with Crippen molar-refractivity contribution in [2.75, 3.05) is 19.7 Å². The largest absolute Gasteiger partial charge is 0.493 e. The Bertz CT molecular complexity index is 609. The molecule has 0 spiro atoms. The third-order valence-electron chi connectivity index (χ3n) is 3.57. The molecule has 1 aromatic carbocycles. The minimum Gasteiger partial charge on any atom is -0.493 e. The summed E-state index contributed by atoms with van der Waals surface area (Å²) in [6, 6.07) is 5.43. The maximum Gasteiger partial charge on any atom is 0.231 e. The molecule has 0 saturated carbocycles. The Balaban J connectivity index is 1.90. The first-order chi connectivity index (χ1) is 10.3. The zero-order valence-corrected chi connectivity index (χ0v) is 12.7. The lowest BCUT2D eigenvalue weighted by molar-refractivity contribution is 0.322. The van der Waals surface area contributed by atoms with Crippen molar-refractivity contribution in [3.63, 3.8) is 0 Å². The summed E-state index contributed by atoms with van der Waals surface area (Å²) in [6.07, 6.45) is 2.20. The highest BCUT2D eigenvalue weighted by Crippen LogP contribution is 2.32. The summed E-state index contributed by atoms with van der Waals surface area (Å²) >= 11 is 6.07. The molecule has 0 aliphatic carbocycles. The molecule has 1 atom stereocenters. The smallest absolute Gasteiger partial charge is 0.231 e. The average molecular weight is 308 g/mol. The Labute approximate surface area is 128 Å². The Morgan fingerprint density at radius 3 is 3.14 bits per heavy atom. The van der Waals surface area contributed by atoms with Gasteiger partial charge in [0.2, 0.25) is 11.7 Å². The van der Waals surface area contributed by atoms with E-state index in [-0.39, 0.29) is 5.92 Å². The lowest BCUT2D eigenvalue weighted by atomic mass is 10.00. The van der Waals surface area contributed by atoms with Crippen LogP contribution in [0.15, 0.2) is 22.7 Å². The minimum atomic E-state index is 0.287. The quantitative estimate of drug-likeness (QED) is 0.939. The molecule has 1 fully saturated rings. The molecule has 1 aliphatic rings. The fourth-order valence-corrected chi connectivity index (χ4v) is 2.70. The van der Waals surface area contributed by atoms with E-state index in [1.54, 1.807) is 12.1 Å². The molecular weight excluding hydrogens is 290 g/mol. The number of benzene rings is 1. The molecule has 1 aromatic heterocycles. The van der Waals surface area contributed by atoms with Crippen molar-refractivity contribution in [1.29, 1.82) is 0 Å². The highest BCUT2D eigenvalue weighted by Gasteiger charge is 2.22. The highest BCUT2D eigenvalue weighted by molar-refractivity contribution is 6.30. The maximum atomic E-state index is 6.07. The van der Waals surface area contributed by atoms with E-state index in [2.05, 4.69) is 15.5 Å². The van der Waals surface area contributed by atoms with Crippen LogP contribution in [0, 0.1) is 0 Å². The summed E-state index contributed by atoms with van der Waals surface area (Å²) in [5.41, 5.74) is 0.767. The monoisotopic (exact) mass is 307 g/mol. The van der Waals surface area contributed by atoms with Gasteiger partial charge in [-0.2, -0.15) is 4.98 Å². The van der Waals surface area contributed by atoms with Gasteiger partial charge in [0.1, 0.15) is 5.75 Å². The average Bonchev–Trinajstić information content (AvgIpc) is 3.00. The molecule has 112 valence electrons. The number of hydrogen-bond donors (Lipinski definition) is 1. The second-order valence-corrected chi connectivity index (χ2v) is 5.51. The van der Waals surface area contributed by atoms with Crippen LogP contribution in [-0.4, -0.2) is 29.8 Å². The molecule has 6 heteroatoms. The van der Waals surface area contributed by atoms with Crippen molar-refractivity contribution in [3.8, 4) is 17.1 Å². The van der Waals surface area contributed by atoms with Crippen LogP contribution >= 0.6 is 11.6 Å². The van der Waals surface area contributed by atoms with Gasteiger partial charge in [-0.15, -0.1) is 0 Å². The molecular formula is C15H18ClN3O2. The molecule has 1 unspecified atom stereocenters. The van der Waals surface area contributed by atoms with Gasteiger partial charge in [0, 0.05) is 11.6 Å². The third-order valence-corrected chi connectivity index (χ3v) is 3.81. The van der Waals surface area contributed by atoms with E-state index in [0.29, 0.717) is 23.3 Å². The van der Waals surface area contributed by atoms with Gasteiger partial charge in [0.25, 0.3) is 0 Å². The van der Waals surface area contributed by atoms with E-state index < -0.39 is 0 Å². The number of hydrogen-bond acceptors (Lipinski definition) is 5. The zero-order valence-electron chi connectivity index (χ0n) is 11.9. The second kappa shape index (κ2) is 6.45. The van der Waals surface area contributed by atoms with Gasteiger partial charge >= 0.3 is 0 Å². The number of ether oxygens (including phenoxy) is 1. The van der Waals surface area contributed by atoms with E-state index in [0.717, 1.165) is 37.2 Å². The van der Waals surface area contributed by atoms with E-state index in [1.165, 1.54) is 0 Å². The third kappa shape index (κ3) is 3.19. The van der Waals surface area contributed by atoms with Gasteiger partial charge in [0.05, 0.1) is 18.1 Å². The molecule has 1 saturated heterocycles. The predicted molar refractivity (Wildman–Crippen MR) is 80.8 cm³/mol. The van der Waals surface area contributed by atoms with Crippen molar-refractivity contribution < 1.29 is 9.26 Å². The maximum absolute atomic E-state index is 6.07. The first kappa shape index (κ1) is 14.4. The standard InChI is InChI=1S/C15H18ClN3O2/c1-2-20-13-6-5-11(16)8-12(13)14-18-15(21-19-14)10-4-3-7-17-9-10/h5-6,8,10,17H,2-4,7,9H2,1H3. The fourth-order valence-electron chi connectivity index (χ4n) is 2.53. The van der Waals surface area contributed by atoms with E-state index >= 15 is 0 Å². The summed E-state index contributed by atoms with van der Waals surface area (Å²) in [5.74, 6) is 2.21. The Kier molecular flexibility index (Phi) is 4.41. The Morgan fingerprint density at radius 2 is 2.38 bits per heavy atom. The van der Waals surface area contributed by atoms with Crippen LogP contribution in [0.1, 0.15) is 31.6 Å². The number of piperidine rings is 1. The zero-order chi connectivity index (χ0) is 14.7. The molecule has 0 bridgehead atoms. The van der Waals surface area contributed by atoms with Gasteiger partial charge < -0.3 is 14.6 Å². The molecule has 21 heavy (non-hydrogen) atoms. The molecule has 0 amide bonds. The number of nitrogens with zero attached hydrogens (tertiary/aromatic N) is 2. The highest BCUT2D eigenvalue weighted by atomic mass is 35.5. The van der Waals surface area contributed by atoms with Crippen LogP contribution in [0.2, 0.25) is 5.02 Å². The molecule has 5 nitrogen and oxygen atoms in total. The van der Waals surface area contributed by atoms with Crippen molar-refractivity contribution in [2.45, 2.75) is 25.7 Å². The van der Waals surface area contributed by atoms with Crippen molar-refractivity contribution in [1.82, 2.24) is 15.5 Å². The van der Waals surface area contributed by atoms with E-state index in [4.69, 9.17) is 20.9 Å². The Morgan fingerprint density at radius 1 is 1.48 bits per heavy atom. The van der Waals surface area contributed by atoms with Crippen molar-refractivity contribution in [3.05, 3.63) is 29.1 Å². The summed E-state index contributed by atoms with van der Waals surface area (Å²) in [7, 11) is 0. The topological polar surface area (TPSA) is 60.2 Å². The van der Waals surface area contributed by atoms with Gasteiger partial charge in [0.15, 0.2) is 0 Å². The summed E-state index contributed by atoms with van der Waals surface area (Å²) in [5, 5.41) is 8.07. The van der Waals surface area contributed by atoms with Crippen molar-refractivity contribution in [2.24, 2.45) is 0 Å². The number of nitrogens with one attached hydrogen (secondary N) is 1. The van der Waals surface area contributed by atoms with Crippen LogP contribution in [0.5, 0.6) is 5.75 Å². The summed E-state index contributed by atoms with van der Waals surface area (Å²) in [4.78, 5) is 4.53. The van der Waals surface area contributed by atoms with Crippen LogP contribution in [0.3, 0.4) is 0 Å². The van der Waals surface area contributed by atoms with E-state index in [1.807, 2.05) is 13.0 Å². The number of rotatable bonds is 4. The van der Waals surface area contributed by atoms with Gasteiger partial charge in [-0.1, -0.05) is 16.8 Å². The number of halogens is 1. The second-order valence-electron chi connectivity index (χ2n) is 5.07. The molecule has 3 rings (SSSR count). The van der Waals surface area contributed by atoms with Crippen LogP contribution in [-0.2, 0) is 0 Å². The van der Waals surface area contributed by atoms with Gasteiger partial charge in [-0.05, 0) is 44.5 Å². The SMILES string of the molecule is CCOc1ccc(Cl)cc1-c1noc(C2CCCNC2)n1. The lowest BCUT2D eigenvalue weighted by Gasteiger charge is -2.18. The molecule has 1 aliphatic heterocycles. The first-order valence-electron chi connectivity index (χ1n) is 7.25. The minimum absolute atomic E-state index is 0.287. The van der Waals surface area contributed by atoms with Crippen LogP contribution in [0.25, 0.3) is 11.4 Å². The molecule has 2 heterocycles. The summed E-state index contributed by atoms with van der Waals surface area (Å²) in [6.45, 7) is 4.45. The normalized spacial score (nSPS) is 18.7. The van der Waals surface area contributed by atoms with Gasteiger partial charge in [-0.25, -0.2) is 0 Å². The van der Waals surface area contributed by atoms with Crippen LogP contribution < -0.4 is 10.1 Å². The lowest BCUT2D eigenvalue weighted by Crippen LogP contribution is -2.28. The molecule has 1 N–H and O–H groups in total. The molecule has 0 radical (unpaired) electrons. The van der Waals surface area contributed by atoms with Gasteiger partial charge in [-0.3, -0.25) is 0 Å². The van der Waals surface area contributed by atoms with Crippen molar-refractivity contribution >= 4 is 11.6 Å². The fraction of sp³-hybridized carbons (Fsp3) is 0.467.